The van der Waals surface area contributed by atoms with Crippen molar-refractivity contribution in [3.05, 3.63) is 11.6 Å². The van der Waals surface area contributed by atoms with Crippen molar-refractivity contribution in [3.8, 4) is 0 Å². The van der Waals surface area contributed by atoms with Crippen LogP contribution in [0.2, 0.25) is 0 Å². The maximum absolute atomic E-state index is 13.5. The van der Waals surface area contributed by atoms with E-state index in [0.29, 0.717) is 32.1 Å². The standard InChI is InChI=1S/C23H32O5/c1-20(2)16-6-5-13-14-7-10-23(28,18(27)12-24)22(14,4)11-15(25)19(13)21(16,3)9-8-17(20)26/h6,13-14,19,24,28H,5,7-12H2,1-4H3/t13-,14-,19+,21-,22-,23+/m0/s1. The number of carbonyl (C=O) groups excluding carboxylic acids is 3. The molecule has 2 N–H and O–H groups in total. The SMILES string of the molecule is CC1(C)C(=O)CC[C@@]2(C)C1=CC[C@@H]1[C@@H]2C(=O)C[C@@]2(C)[C@H]1CC[C@@]2(O)C(=O)CO. The predicted molar refractivity (Wildman–Crippen MR) is 103 cm³/mol. The summed E-state index contributed by atoms with van der Waals surface area (Å²) >= 11 is 0. The number of ketones is 3. The Hall–Kier alpha value is -1.33. The molecule has 6 atom stereocenters. The Labute approximate surface area is 166 Å². The van der Waals surface area contributed by atoms with Gasteiger partial charge in [-0.1, -0.05) is 25.5 Å². The molecular formula is C23H32O5. The van der Waals surface area contributed by atoms with Crippen molar-refractivity contribution in [2.24, 2.45) is 34.0 Å². The molecular weight excluding hydrogens is 356 g/mol. The maximum atomic E-state index is 13.5. The van der Waals surface area contributed by atoms with Crippen LogP contribution in [0.25, 0.3) is 0 Å². The average molecular weight is 389 g/mol. The highest BCUT2D eigenvalue weighted by molar-refractivity contribution is 5.94. The second-order valence-electron chi connectivity index (χ2n) is 10.6. The van der Waals surface area contributed by atoms with Gasteiger partial charge in [0.15, 0.2) is 5.78 Å². The van der Waals surface area contributed by atoms with Crippen LogP contribution in [0.3, 0.4) is 0 Å². The number of aliphatic hydroxyl groups is 2. The molecule has 0 saturated heterocycles. The Bertz CT molecular complexity index is 795. The van der Waals surface area contributed by atoms with Gasteiger partial charge in [-0.25, -0.2) is 0 Å². The molecule has 0 unspecified atom stereocenters. The molecule has 0 heterocycles. The minimum absolute atomic E-state index is 0.0612. The molecule has 0 aliphatic heterocycles. The molecule has 0 aromatic carbocycles. The summed E-state index contributed by atoms with van der Waals surface area (Å²) in [4.78, 5) is 38.5. The average Bonchev–Trinajstić information content (AvgIpc) is 2.89. The van der Waals surface area contributed by atoms with Gasteiger partial charge in [0.25, 0.3) is 0 Å². The normalized spacial score (nSPS) is 47.1. The molecule has 28 heavy (non-hydrogen) atoms. The second-order valence-corrected chi connectivity index (χ2v) is 10.6. The summed E-state index contributed by atoms with van der Waals surface area (Å²) in [6, 6.07) is 0. The molecule has 3 saturated carbocycles. The Kier molecular flexibility index (Phi) is 4.17. The smallest absolute Gasteiger partial charge is 0.190 e. The molecule has 0 aromatic rings. The number of carbonyl (C=O) groups is 3. The van der Waals surface area contributed by atoms with Gasteiger partial charge >= 0.3 is 0 Å². The first-order valence-corrected chi connectivity index (χ1v) is 10.6. The Morgan fingerprint density at radius 1 is 1.18 bits per heavy atom. The van der Waals surface area contributed by atoms with Gasteiger partial charge in [0, 0.05) is 29.6 Å². The van der Waals surface area contributed by atoms with Crippen LogP contribution in [-0.2, 0) is 14.4 Å². The Morgan fingerprint density at radius 3 is 2.50 bits per heavy atom. The van der Waals surface area contributed by atoms with Gasteiger partial charge in [-0.3, -0.25) is 14.4 Å². The molecule has 4 aliphatic rings. The fourth-order valence-electron chi connectivity index (χ4n) is 7.65. The molecule has 0 spiro atoms. The highest BCUT2D eigenvalue weighted by atomic mass is 16.3. The molecule has 3 fully saturated rings. The van der Waals surface area contributed by atoms with Crippen molar-refractivity contribution >= 4 is 17.3 Å². The summed E-state index contributed by atoms with van der Waals surface area (Å²) < 4.78 is 0. The van der Waals surface area contributed by atoms with E-state index < -0.39 is 28.8 Å². The van der Waals surface area contributed by atoms with E-state index in [9.17, 15) is 24.6 Å². The third-order valence-corrected chi connectivity index (χ3v) is 9.16. The van der Waals surface area contributed by atoms with E-state index in [1.54, 1.807) is 0 Å². The Morgan fingerprint density at radius 2 is 1.86 bits per heavy atom. The summed E-state index contributed by atoms with van der Waals surface area (Å²) in [6.45, 7) is 7.26. The number of allylic oxidation sites excluding steroid dienone is 2. The van der Waals surface area contributed by atoms with E-state index in [0.717, 1.165) is 5.57 Å². The highest BCUT2D eigenvalue weighted by Gasteiger charge is 2.69. The van der Waals surface area contributed by atoms with E-state index in [1.165, 1.54) is 0 Å². The van der Waals surface area contributed by atoms with Crippen molar-refractivity contribution < 1.29 is 24.6 Å². The summed E-state index contributed by atoms with van der Waals surface area (Å²) in [5, 5.41) is 20.6. The molecule has 5 nitrogen and oxygen atoms in total. The molecule has 4 rings (SSSR count). The molecule has 5 heteroatoms. The lowest BCUT2D eigenvalue weighted by Crippen LogP contribution is -2.61. The fraction of sp³-hybridized carbons (Fsp3) is 0.783. The van der Waals surface area contributed by atoms with Crippen LogP contribution >= 0.6 is 0 Å². The lowest BCUT2D eigenvalue weighted by Gasteiger charge is -2.59. The lowest BCUT2D eigenvalue weighted by molar-refractivity contribution is -0.170. The van der Waals surface area contributed by atoms with Crippen LogP contribution in [0.5, 0.6) is 0 Å². The zero-order valence-electron chi connectivity index (χ0n) is 17.4. The largest absolute Gasteiger partial charge is 0.388 e. The van der Waals surface area contributed by atoms with Crippen LogP contribution in [0.4, 0.5) is 0 Å². The van der Waals surface area contributed by atoms with Crippen molar-refractivity contribution in [2.45, 2.75) is 71.8 Å². The van der Waals surface area contributed by atoms with Gasteiger partial charge in [0.1, 0.15) is 23.8 Å². The number of hydrogen-bond donors (Lipinski definition) is 2. The van der Waals surface area contributed by atoms with Crippen LogP contribution in [0.15, 0.2) is 11.6 Å². The van der Waals surface area contributed by atoms with E-state index in [-0.39, 0.29) is 41.2 Å². The third kappa shape index (κ3) is 2.18. The monoisotopic (exact) mass is 388 g/mol. The van der Waals surface area contributed by atoms with Gasteiger partial charge in [-0.05, 0) is 56.8 Å². The molecule has 0 bridgehead atoms. The zero-order chi connectivity index (χ0) is 20.7. The van der Waals surface area contributed by atoms with Crippen LogP contribution in [0, 0.1) is 34.0 Å². The number of Topliss-reactive ketones (excluding diaryl/α,β-unsaturated/α-hetero) is 3. The first-order valence-electron chi connectivity index (χ1n) is 10.6. The van der Waals surface area contributed by atoms with E-state index in [4.69, 9.17) is 0 Å². The molecule has 0 aromatic heterocycles. The first kappa shape index (κ1) is 20.0. The number of fused-ring (bicyclic) bond motifs is 5. The van der Waals surface area contributed by atoms with Gasteiger partial charge in [0.05, 0.1) is 0 Å². The van der Waals surface area contributed by atoms with Crippen LogP contribution < -0.4 is 0 Å². The Balaban J connectivity index is 1.79. The second kappa shape index (κ2) is 5.85. The van der Waals surface area contributed by atoms with E-state index in [2.05, 4.69) is 13.0 Å². The van der Waals surface area contributed by atoms with E-state index in [1.807, 2.05) is 20.8 Å². The topological polar surface area (TPSA) is 91.7 Å². The van der Waals surface area contributed by atoms with Crippen molar-refractivity contribution in [3.63, 3.8) is 0 Å². The molecule has 4 aliphatic carbocycles. The summed E-state index contributed by atoms with van der Waals surface area (Å²) in [5.41, 5.74) is -2.22. The van der Waals surface area contributed by atoms with Crippen LogP contribution in [-0.4, -0.2) is 39.8 Å². The molecule has 154 valence electrons. The number of rotatable bonds is 2. The minimum atomic E-state index is -1.63. The highest BCUT2D eigenvalue weighted by Crippen LogP contribution is 2.67. The molecule has 0 radical (unpaired) electrons. The van der Waals surface area contributed by atoms with Crippen molar-refractivity contribution in [2.75, 3.05) is 6.61 Å². The zero-order valence-corrected chi connectivity index (χ0v) is 17.4. The lowest BCUT2D eigenvalue weighted by atomic mass is 9.44. The minimum Gasteiger partial charge on any atom is -0.388 e. The van der Waals surface area contributed by atoms with Gasteiger partial charge in [0.2, 0.25) is 0 Å². The van der Waals surface area contributed by atoms with Gasteiger partial charge in [-0.15, -0.1) is 0 Å². The van der Waals surface area contributed by atoms with Gasteiger partial charge < -0.3 is 10.2 Å². The summed E-state index contributed by atoms with van der Waals surface area (Å²) in [6.07, 6.45) is 5.24. The van der Waals surface area contributed by atoms with Crippen molar-refractivity contribution in [1.29, 1.82) is 0 Å². The van der Waals surface area contributed by atoms with Gasteiger partial charge in [-0.2, -0.15) is 0 Å². The fourth-order valence-corrected chi connectivity index (χ4v) is 7.65. The first-order chi connectivity index (χ1) is 12.9. The quantitative estimate of drug-likeness (QED) is 0.710. The summed E-state index contributed by atoms with van der Waals surface area (Å²) in [7, 11) is 0. The predicted octanol–water partition coefficient (Wildman–Crippen LogP) is 2.63. The summed E-state index contributed by atoms with van der Waals surface area (Å²) in [5.74, 6) is -0.244. The number of hydrogen-bond acceptors (Lipinski definition) is 5. The third-order valence-electron chi connectivity index (χ3n) is 9.16. The van der Waals surface area contributed by atoms with E-state index >= 15 is 0 Å². The van der Waals surface area contributed by atoms with Crippen LogP contribution in [0.1, 0.15) is 66.2 Å². The molecule has 0 amide bonds. The van der Waals surface area contributed by atoms with Crippen molar-refractivity contribution in [1.82, 2.24) is 0 Å². The maximum Gasteiger partial charge on any atom is 0.190 e. The number of aliphatic hydroxyl groups excluding tert-OH is 1.